The van der Waals surface area contributed by atoms with Crippen molar-refractivity contribution in [2.45, 2.75) is 52.4 Å². The smallest absolute Gasteiger partial charge is 0.104 e. The Kier molecular flexibility index (Phi) is 3.82. The molecule has 0 fully saturated rings. The molecule has 1 unspecified atom stereocenters. The van der Waals surface area contributed by atoms with Gasteiger partial charge < -0.3 is 4.98 Å². The molecule has 1 aromatic heterocycles. The molecular formula is C15H22N2. The van der Waals surface area contributed by atoms with Crippen LogP contribution >= 0.6 is 0 Å². The van der Waals surface area contributed by atoms with Crippen LogP contribution in [-0.2, 0) is 0 Å². The van der Waals surface area contributed by atoms with Crippen LogP contribution in [0.1, 0.15) is 56.8 Å². The average molecular weight is 230 g/mol. The number of benzene rings is 1. The predicted octanol–water partition coefficient (Wildman–Crippen LogP) is 4.56. The summed E-state index contributed by atoms with van der Waals surface area (Å²) >= 11 is 0. The molecule has 2 rings (SSSR count). The maximum Gasteiger partial charge on any atom is 0.104 e. The van der Waals surface area contributed by atoms with Crippen molar-refractivity contribution in [3.05, 3.63) is 29.6 Å². The van der Waals surface area contributed by atoms with Crippen molar-refractivity contribution in [1.82, 2.24) is 9.97 Å². The second kappa shape index (κ2) is 5.35. The van der Waals surface area contributed by atoms with Crippen LogP contribution in [0.3, 0.4) is 0 Å². The Bertz CT molecular complexity index is 485. The molecule has 2 heteroatoms. The van der Waals surface area contributed by atoms with Gasteiger partial charge >= 0.3 is 0 Å². The van der Waals surface area contributed by atoms with Crippen LogP contribution < -0.4 is 0 Å². The van der Waals surface area contributed by atoms with E-state index in [1.165, 1.54) is 31.2 Å². The van der Waals surface area contributed by atoms with Crippen molar-refractivity contribution in [3.63, 3.8) is 0 Å². The van der Waals surface area contributed by atoms with E-state index in [0.717, 1.165) is 16.9 Å². The molecule has 1 heterocycles. The minimum atomic E-state index is 0.642. The number of nitrogens with zero attached hydrogens (tertiary/aromatic N) is 1. The highest BCUT2D eigenvalue weighted by molar-refractivity contribution is 5.75. The number of H-pyrrole nitrogens is 1. The molecule has 0 aliphatic carbocycles. The van der Waals surface area contributed by atoms with Crippen molar-refractivity contribution in [1.29, 1.82) is 0 Å². The zero-order chi connectivity index (χ0) is 12.3. The zero-order valence-corrected chi connectivity index (χ0v) is 11.1. The summed E-state index contributed by atoms with van der Waals surface area (Å²) in [4.78, 5) is 7.76. The number of imidazole rings is 1. The van der Waals surface area contributed by atoms with Gasteiger partial charge in [0.1, 0.15) is 5.82 Å². The van der Waals surface area contributed by atoms with E-state index in [1.807, 2.05) is 6.92 Å². The van der Waals surface area contributed by atoms with E-state index in [1.54, 1.807) is 0 Å². The highest BCUT2D eigenvalue weighted by Crippen LogP contribution is 2.24. The van der Waals surface area contributed by atoms with Gasteiger partial charge in [-0.1, -0.05) is 39.2 Å². The van der Waals surface area contributed by atoms with Crippen LogP contribution in [0.15, 0.2) is 18.2 Å². The van der Waals surface area contributed by atoms with E-state index in [-0.39, 0.29) is 0 Å². The van der Waals surface area contributed by atoms with Crippen LogP contribution in [-0.4, -0.2) is 9.97 Å². The van der Waals surface area contributed by atoms with Crippen molar-refractivity contribution in [2.24, 2.45) is 0 Å². The average Bonchev–Trinajstić information content (AvgIpc) is 2.68. The lowest BCUT2D eigenvalue weighted by molar-refractivity contribution is 0.598. The Morgan fingerprint density at radius 2 is 2.12 bits per heavy atom. The summed E-state index contributed by atoms with van der Waals surface area (Å²) in [6.07, 6.45) is 5.25. The summed E-state index contributed by atoms with van der Waals surface area (Å²) in [5.74, 6) is 1.64. The predicted molar refractivity (Wildman–Crippen MR) is 73.4 cm³/mol. The number of rotatable bonds is 5. The monoisotopic (exact) mass is 230 g/mol. The topological polar surface area (TPSA) is 28.7 Å². The quantitative estimate of drug-likeness (QED) is 0.750. The molecule has 0 aliphatic rings. The molecule has 1 atom stereocenters. The minimum absolute atomic E-state index is 0.642. The Morgan fingerprint density at radius 1 is 1.29 bits per heavy atom. The van der Waals surface area contributed by atoms with Crippen LogP contribution in [0.25, 0.3) is 11.0 Å². The van der Waals surface area contributed by atoms with Crippen molar-refractivity contribution in [2.75, 3.05) is 0 Å². The molecule has 17 heavy (non-hydrogen) atoms. The van der Waals surface area contributed by atoms with E-state index < -0.39 is 0 Å². The molecular weight excluding hydrogens is 208 g/mol. The van der Waals surface area contributed by atoms with Gasteiger partial charge in [-0.3, -0.25) is 0 Å². The first-order valence-electron chi connectivity index (χ1n) is 6.67. The van der Waals surface area contributed by atoms with E-state index in [2.05, 4.69) is 42.0 Å². The number of aromatic nitrogens is 2. The van der Waals surface area contributed by atoms with Gasteiger partial charge in [-0.25, -0.2) is 4.98 Å². The Hall–Kier alpha value is -1.31. The summed E-state index contributed by atoms with van der Waals surface area (Å²) in [5.41, 5.74) is 3.66. The van der Waals surface area contributed by atoms with Gasteiger partial charge in [-0.15, -0.1) is 0 Å². The van der Waals surface area contributed by atoms with Crippen molar-refractivity contribution >= 4 is 11.0 Å². The van der Waals surface area contributed by atoms with E-state index in [9.17, 15) is 0 Å². The molecule has 0 radical (unpaired) electrons. The molecule has 1 N–H and O–H groups in total. The summed E-state index contributed by atoms with van der Waals surface area (Å²) in [6, 6.07) is 6.62. The lowest BCUT2D eigenvalue weighted by atomic mass is 9.95. The van der Waals surface area contributed by atoms with Crippen molar-refractivity contribution < 1.29 is 0 Å². The lowest BCUT2D eigenvalue weighted by Gasteiger charge is -2.11. The third kappa shape index (κ3) is 2.87. The number of hydrogen-bond acceptors (Lipinski definition) is 1. The summed E-state index contributed by atoms with van der Waals surface area (Å²) in [7, 11) is 0. The highest BCUT2D eigenvalue weighted by Gasteiger charge is 2.07. The first-order valence-corrected chi connectivity index (χ1v) is 6.67. The van der Waals surface area contributed by atoms with Crippen LogP contribution in [0.2, 0.25) is 0 Å². The van der Waals surface area contributed by atoms with E-state index in [4.69, 9.17) is 0 Å². The van der Waals surface area contributed by atoms with Gasteiger partial charge in [-0.05, 0) is 37.0 Å². The largest absolute Gasteiger partial charge is 0.342 e. The molecule has 2 aromatic rings. The second-order valence-corrected chi connectivity index (χ2v) is 5.00. The number of fused-ring (bicyclic) bond motifs is 1. The van der Waals surface area contributed by atoms with Gasteiger partial charge in [0.2, 0.25) is 0 Å². The molecule has 0 saturated carbocycles. The fraction of sp³-hybridized carbons (Fsp3) is 0.533. The van der Waals surface area contributed by atoms with Crippen LogP contribution in [0.5, 0.6) is 0 Å². The van der Waals surface area contributed by atoms with Crippen molar-refractivity contribution in [3.8, 4) is 0 Å². The molecule has 0 aliphatic heterocycles. The first-order chi connectivity index (χ1) is 8.20. The van der Waals surface area contributed by atoms with Crippen LogP contribution in [0.4, 0.5) is 0 Å². The Labute approximate surface area is 103 Å². The molecule has 0 saturated heterocycles. The molecule has 92 valence electrons. The number of unbranched alkanes of at least 4 members (excludes halogenated alkanes) is 2. The van der Waals surface area contributed by atoms with Crippen LogP contribution in [0, 0.1) is 6.92 Å². The van der Waals surface area contributed by atoms with Gasteiger partial charge in [0.05, 0.1) is 11.0 Å². The van der Waals surface area contributed by atoms with Gasteiger partial charge in [-0.2, -0.15) is 0 Å². The summed E-state index contributed by atoms with van der Waals surface area (Å²) < 4.78 is 0. The molecule has 2 nitrogen and oxygen atoms in total. The van der Waals surface area contributed by atoms with E-state index in [0.29, 0.717) is 5.92 Å². The van der Waals surface area contributed by atoms with Gasteiger partial charge in [0.15, 0.2) is 0 Å². The fourth-order valence-electron chi connectivity index (χ4n) is 2.32. The SMILES string of the molecule is CCCCCC(C)c1ccc2[nH]c(C)nc2c1. The van der Waals surface area contributed by atoms with Gasteiger partial charge in [0.25, 0.3) is 0 Å². The molecule has 1 aromatic carbocycles. The maximum atomic E-state index is 4.50. The van der Waals surface area contributed by atoms with E-state index >= 15 is 0 Å². The molecule has 0 spiro atoms. The minimum Gasteiger partial charge on any atom is -0.342 e. The maximum absolute atomic E-state index is 4.50. The fourth-order valence-corrected chi connectivity index (χ4v) is 2.32. The summed E-state index contributed by atoms with van der Waals surface area (Å²) in [6.45, 7) is 6.57. The number of hydrogen-bond donors (Lipinski definition) is 1. The Balaban J connectivity index is 2.12. The second-order valence-electron chi connectivity index (χ2n) is 5.00. The normalized spacial score (nSPS) is 13.1. The number of nitrogens with one attached hydrogen (secondary N) is 1. The van der Waals surface area contributed by atoms with Gasteiger partial charge in [0, 0.05) is 0 Å². The standard InChI is InChI=1S/C15H22N2/c1-4-5-6-7-11(2)13-8-9-14-15(10-13)17-12(3)16-14/h8-11H,4-7H2,1-3H3,(H,16,17). The third-order valence-corrected chi connectivity index (χ3v) is 3.44. The number of aryl methyl sites for hydroxylation is 1. The molecule has 0 bridgehead atoms. The summed E-state index contributed by atoms with van der Waals surface area (Å²) in [5, 5.41) is 0. The molecule has 0 amide bonds. The Morgan fingerprint density at radius 3 is 2.88 bits per heavy atom. The highest BCUT2D eigenvalue weighted by atomic mass is 14.9. The first kappa shape index (κ1) is 12.2. The zero-order valence-electron chi connectivity index (χ0n) is 11.1. The third-order valence-electron chi connectivity index (χ3n) is 3.44. The lowest BCUT2D eigenvalue weighted by Crippen LogP contribution is -1.93. The number of aromatic amines is 1.